The van der Waals surface area contributed by atoms with E-state index in [4.69, 9.17) is 0 Å². The van der Waals surface area contributed by atoms with E-state index in [0.717, 1.165) is 37.9 Å². The van der Waals surface area contributed by atoms with Crippen LogP contribution < -0.4 is 0 Å². The van der Waals surface area contributed by atoms with Crippen LogP contribution in [0.3, 0.4) is 0 Å². The first kappa shape index (κ1) is 15.1. The largest absolute Gasteiger partial charge is 0.341 e. The lowest BCUT2D eigenvalue weighted by molar-refractivity contribution is -0.134. The van der Waals surface area contributed by atoms with Crippen LogP contribution >= 0.6 is 0 Å². The van der Waals surface area contributed by atoms with E-state index < -0.39 is 0 Å². The molecule has 2 amide bonds. The Hall–Kier alpha value is -1.84. The topological polar surface area (TPSA) is 40.6 Å². The summed E-state index contributed by atoms with van der Waals surface area (Å²) in [4.78, 5) is 28.5. The first-order chi connectivity index (χ1) is 10.6. The lowest BCUT2D eigenvalue weighted by Crippen LogP contribution is -2.38. The minimum atomic E-state index is 0.173. The number of hydrogen-bond donors (Lipinski definition) is 0. The predicted octanol–water partition coefficient (Wildman–Crippen LogP) is 2.01. The maximum absolute atomic E-state index is 12.5. The van der Waals surface area contributed by atoms with Gasteiger partial charge in [-0.05, 0) is 31.7 Å². The van der Waals surface area contributed by atoms with E-state index >= 15 is 0 Å². The molecular formula is C18H24N2O2. The summed E-state index contributed by atoms with van der Waals surface area (Å²) < 4.78 is 0. The van der Waals surface area contributed by atoms with Crippen molar-refractivity contribution in [1.29, 1.82) is 0 Å². The van der Waals surface area contributed by atoms with Crippen LogP contribution in [-0.4, -0.2) is 47.8 Å². The minimum Gasteiger partial charge on any atom is -0.341 e. The molecule has 0 spiro atoms. The monoisotopic (exact) mass is 300 g/mol. The number of hydrogen-bond acceptors (Lipinski definition) is 2. The average Bonchev–Trinajstić information content (AvgIpc) is 3.33. The maximum atomic E-state index is 12.5. The highest BCUT2D eigenvalue weighted by Crippen LogP contribution is 2.31. The molecule has 1 aliphatic carbocycles. The number of rotatable bonds is 3. The average molecular weight is 300 g/mol. The third-order valence-electron chi connectivity index (χ3n) is 4.52. The van der Waals surface area contributed by atoms with E-state index in [1.54, 1.807) is 0 Å². The Morgan fingerprint density at radius 1 is 1.09 bits per heavy atom. The number of carbonyl (C=O) groups excluding carboxylic acids is 2. The van der Waals surface area contributed by atoms with Crippen LogP contribution in [0.2, 0.25) is 0 Å². The van der Waals surface area contributed by atoms with Gasteiger partial charge in [-0.2, -0.15) is 0 Å². The van der Waals surface area contributed by atoms with Crippen LogP contribution in [0.1, 0.15) is 30.4 Å². The first-order valence-electron chi connectivity index (χ1n) is 8.25. The zero-order valence-electron chi connectivity index (χ0n) is 13.3. The summed E-state index contributed by atoms with van der Waals surface area (Å²) in [5.74, 6) is 0.744. The van der Waals surface area contributed by atoms with Crippen molar-refractivity contribution in [3.05, 3.63) is 35.4 Å². The van der Waals surface area contributed by atoms with Crippen molar-refractivity contribution in [2.24, 2.45) is 5.92 Å². The summed E-state index contributed by atoms with van der Waals surface area (Å²) in [6, 6.07) is 8.11. The Morgan fingerprint density at radius 3 is 2.55 bits per heavy atom. The Kier molecular flexibility index (Phi) is 4.46. The van der Waals surface area contributed by atoms with Gasteiger partial charge in [0.2, 0.25) is 11.8 Å². The molecule has 1 aliphatic heterocycles. The summed E-state index contributed by atoms with van der Waals surface area (Å²) in [6.45, 7) is 4.96. The zero-order valence-corrected chi connectivity index (χ0v) is 13.3. The van der Waals surface area contributed by atoms with Crippen LogP contribution in [-0.2, 0) is 16.0 Å². The van der Waals surface area contributed by atoms with Crippen molar-refractivity contribution in [3.63, 3.8) is 0 Å². The summed E-state index contributed by atoms with van der Waals surface area (Å²) in [5, 5.41) is 0. The van der Waals surface area contributed by atoms with Gasteiger partial charge in [-0.1, -0.05) is 29.8 Å². The molecular weight excluding hydrogens is 276 g/mol. The zero-order chi connectivity index (χ0) is 15.5. The van der Waals surface area contributed by atoms with E-state index in [-0.39, 0.29) is 11.8 Å². The van der Waals surface area contributed by atoms with E-state index in [1.165, 1.54) is 5.56 Å². The summed E-state index contributed by atoms with van der Waals surface area (Å²) in [7, 11) is 0. The van der Waals surface area contributed by atoms with Crippen molar-refractivity contribution < 1.29 is 9.59 Å². The maximum Gasteiger partial charge on any atom is 0.227 e. The number of carbonyl (C=O) groups is 2. The van der Waals surface area contributed by atoms with Gasteiger partial charge < -0.3 is 9.80 Å². The van der Waals surface area contributed by atoms with Crippen LogP contribution in [0, 0.1) is 12.8 Å². The van der Waals surface area contributed by atoms with E-state index in [1.807, 2.05) is 34.9 Å². The molecule has 118 valence electrons. The second-order valence-corrected chi connectivity index (χ2v) is 6.50. The van der Waals surface area contributed by atoms with Gasteiger partial charge in [0.25, 0.3) is 0 Å². The second-order valence-electron chi connectivity index (χ2n) is 6.50. The lowest BCUT2D eigenvalue weighted by atomic mass is 10.1. The molecule has 0 bridgehead atoms. The molecule has 1 saturated carbocycles. The molecule has 2 aliphatic rings. The van der Waals surface area contributed by atoms with Gasteiger partial charge in [0.05, 0.1) is 6.42 Å². The molecule has 1 aromatic rings. The highest BCUT2D eigenvalue weighted by molar-refractivity contribution is 5.81. The molecule has 3 rings (SSSR count). The van der Waals surface area contributed by atoms with Crippen LogP contribution in [0.15, 0.2) is 24.3 Å². The molecule has 0 atom stereocenters. The van der Waals surface area contributed by atoms with Crippen molar-refractivity contribution in [1.82, 2.24) is 9.80 Å². The number of benzene rings is 1. The molecule has 0 N–H and O–H groups in total. The van der Waals surface area contributed by atoms with Crippen molar-refractivity contribution in [3.8, 4) is 0 Å². The fourth-order valence-corrected chi connectivity index (χ4v) is 3.08. The number of aryl methyl sites for hydroxylation is 1. The van der Waals surface area contributed by atoms with Gasteiger partial charge in [0.15, 0.2) is 0 Å². The van der Waals surface area contributed by atoms with Gasteiger partial charge in [0.1, 0.15) is 0 Å². The molecule has 0 radical (unpaired) electrons. The Morgan fingerprint density at radius 2 is 1.82 bits per heavy atom. The Bertz CT molecular complexity index is 566. The van der Waals surface area contributed by atoms with Gasteiger partial charge >= 0.3 is 0 Å². The second kappa shape index (κ2) is 6.51. The Balaban J connectivity index is 1.55. The SMILES string of the molecule is Cc1cccc(CC(=O)N2CCCN(C(=O)C3CC3)CC2)c1. The molecule has 22 heavy (non-hydrogen) atoms. The standard InChI is InChI=1S/C18H24N2O2/c1-14-4-2-5-15(12-14)13-17(21)19-8-3-9-20(11-10-19)18(22)16-6-7-16/h2,4-5,12,16H,3,6-11,13H2,1H3. The molecule has 4 heteroatoms. The van der Waals surface area contributed by atoms with Gasteiger partial charge in [0, 0.05) is 32.1 Å². The highest BCUT2D eigenvalue weighted by atomic mass is 16.2. The van der Waals surface area contributed by atoms with Gasteiger partial charge in [-0.25, -0.2) is 0 Å². The van der Waals surface area contributed by atoms with Gasteiger partial charge in [-0.15, -0.1) is 0 Å². The van der Waals surface area contributed by atoms with E-state index in [0.29, 0.717) is 25.4 Å². The normalized spacial score (nSPS) is 19.0. The molecule has 0 unspecified atom stereocenters. The number of amides is 2. The quantitative estimate of drug-likeness (QED) is 0.857. The predicted molar refractivity (Wildman–Crippen MR) is 85.4 cm³/mol. The third-order valence-corrected chi connectivity index (χ3v) is 4.52. The minimum absolute atomic E-state index is 0.173. The molecule has 1 heterocycles. The van der Waals surface area contributed by atoms with Crippen LogP contribution in [0.5, 0.6) is 0 Å². The molecule has 2 fully saturated rings. The van der Waals surface area contributed by atoms with E-state index in [2.05, 4.69) is 6.07 Å². The summed E-state index contributed by atoms with van der Waals surface area (Å²) in [6.07, 6.45) is 3.44. The number of nitrogens with zero attached hydrogens (tertiary/aromatic N) is 2. The third kappa shape index (κ3) is 3.67. The van der Waals surface area contributed by atoms with Crippen molar-refractivity contribution in [2.45, 2.75) is 32.6 Å². The van der Waals surface area contributed by atoms with E-state index in [9.17, 15) is 9.59 Å². The molecule has 0 aromatic heterocycles. The Labute approximate surface area is 132 Å². The highest BCUT2D eigenvalue weighted by Gasteiger charge is 2.34. The molecule has 1 saturated heterocycles. The van der Waals surface area contributed by atoms with Crippen LogP contribution in [0.4, 0.5) is 0 Å². The van der Waals surface area contributed by atoms with Crippen molar-refractivity contribution >= 4 is 11.8 Å². The molecule has 1 aromatic carbocycles. The van der Waals surface area contributed by atoms with Crippen molar-refractivity contribution in [2.75, 3.05) is 26.2 Å². The lowest BCUT2D eigenvalue weighted by Gasteiger charge is -2.22. The van der Waals surface area contributed by atoms with Crippen LogP contribution in [0.25, 0.3) is 0 Å². The first-order valence-corrected chi connectivity index (χ1v) is 8.25. The summed E-state index contributed by atoms with van der Waals surface area (Å²) in [5.41, 5.74) is 2.25. The van der Waals surface area contributed by atoms with Gasteiger partial charge in [-0.3, -0.25) is 9.59 Å². The smallest absolute Gasteiger partial charge is 0.227 e. The fraction of sp³-hybridized carbons (Fsp3) is 0.556. The fourth-order valence-electron chi connectivity index (χ4n) is 3.08. The summed E-state index contributed by atoms with van der Waals surface area (Å²) >= 11 is 0. The molecule has 4 nitrogen and oxygen atoms in total.